The number of hydrogen-bond donors (Lipinski definition) is 2. The monoisotopic (exact) mass is 358 g/mol. The highest BCUT2D eigenvalue weighted by molar-refractivity contribution is 6.04. The normalized spacial score (nSPS) is 29.5. The third kappa shape index (κ3) is 3.30. The van der Waals surface area contributed by atoms with Gasteiger partial charge in [0.15, 0.2) is 0 Å². The molecule has 2 aliphatic rings. The highest BCUT2D eigenvalue weighted by Crippen LogP contribution is 2.33. The highest BCUT2D eigenvalue weighted by atomic mass is 16.2. The highest BCUT2D eigenvalue weighted by Gasteiger charge is 2.43. The zero-order valence-corrected chi connectivity index (χ0v) is 16.2. The van der Waals surface area contributed by atoms with E-state index in [2.05, 4.69) is 65.5 Å². The van der Waals surface area contributed by atoms with E-state index in [9.17, 15) is 9.59 Å². The van der Waals surface area contributed by atoms with Gasteiger partial charge in [0, 0.05) is 49.5 Å². The molecule has 2 saturated heterocycles. The lowest BCUT2D eigenvalue weighted by atomic mass is 9.88. The topological polar surface area (TPSA) is 64.7 Å². The SMILES string of the molecule is CCN(c1cccc(N2[C@H](C)CNC[C@@H]2C)c1)[C@]1(C)CCC(=O)NC1=O. The summed E-state index contributed by atoms with van der Waals surface area (Å²) in [4.78, 5) is 28.7. The molecule has 3 rings (SSSR count). The Bertz CT molecular complexity index is 682. The van der Waals surface area contributed by atoms with Crippen molar-refractivity contribution in [1.29, 1.82) is 0 Å². The van der Waals surface area contributed by atoms with Crippen molar-refractivity contribution in [2.75, 3.05) is 29.4 Å². The Morgan fingerprint density at radius 2 is 1.92 bits per heavy atom. The van der Waals surface area contributed by atoms with Crippen LogP contribution in [0.5, 0.6) is 0 Å². The first-order chi connectivity index (χ1) is 12.4. The lowest BCUT2D eigenvalue weighted by molar-refractivity contribution is -0.137. The number of piperazine rings is 1. The van der Waals surface area contributed by atoms with Gasteiger partial charge in [0.05, 0.1) is 0 Å². The minimum Gasteiger partial charge on any atom is -0.364 e. The number of piperidine rings is 1. The summed E-state index contributed by atoms with van der Waals surface area (Å²) in [6.07, 6.45) is 0.917. The van der Waals surface area contributed by atoms with E-state index in [1.807, 2.05) is 6.92 Å². The molecule has 142 valence electrons. The average Bonchev–Trinajstić information content (AvgIpc) is 2.60. The van der Waals surface area contributed by atoms with Crippen LogP contribution in [0.1, 0.15) is 40.5 Å². The molecule has 0 aliphatic carbocycles. The Balaban J connectivity index is 1.92. The second-order valence-corrected chi connectivity index (χ2v) is 7.68. The summed E-state index contributed by atoms with van der Waals surface area (Å²) in [5.74, 6) is -0.384. The van der Waals surface area contributed by atoms with Crippen molar-refractivity contribution in [3.05, 3.63) is 24.3 Å². The summed E-state index contributed by atoms with van der Waals surface area (Å²) in [6.45, 7) is 11.1. The Morgan fingerprint density at radius 1 is 1.23 bits per heavy atom. The molecule has 2 N–H and O–H groups in total. The first kappa shape index (κ1) is 18.7. The number of nitrogens with zero attached hydrogens (tertiary/aromatic N) is 2. The molecule has 6 heteroatoms. The first-order valence-corrected chi connectivity index (χ1v) is 9.58. The van der Waals surface area contributed by atoms with Gasteiger partial charge in [0.25, 0.3) is 5.91 Å². The molecule has 1 aromatic rings. The minimum atomic E-state index is -0.706. The van der Waals surface area contributed by atoms with Crippen LogP contribution in [0, 0.1) is 0 Å². The Morgan fingerprint density at radius 3 is 2.54 bits per heavy atom. The van der Waals surface area contributed by atoms with Crippen LogP contribution in [0.25, 0.3) is 0 Å². The summed E-state index contributed by atoms with van der Waals surface area (Å²) in [6, 6.07) is 9.26. The van der Waals surface area contributed by atoms with Crippen molar-refractivity contribution < 1.29 is 9.59 Å². The Kier molecular flexibility index (Phi) is 5.23. The summed E-state index contributed by atoms with van der Waals surface area (Å²) >= 11 is 0. The van der Waals surface area contributed by atoms with Crippen LogP contribution in [0.3, 0.4) is 0 Å². The number of carbonyl (C=O) groups is 2. The largest absolute Gasteiger partial charge is 0.364 e. The van der Waals surface area contributed by atoms with Gasteiger partial charge < -0.3 is 15.1 Å². The lowest BCUT2D eigenvalue weighted by Gasteiger charge is -2.44. The third-order valence-electron chi connectivity index (χ3n) is 5.76. The van der Waals surface area contributed by atoms with Crippen molar-refractivity contribution in [2.24, 2.45) is 0 Å². The quantitative estimate of drug-likeness (QED) is 0.805. The number of hydrogen-bond acceptors (Lipinski definition) is 5. The summed E-state index contributed by atoms with van der Waals surface area (Å²) < 4.78 is 0. The predicted molar refractivity (Wildman–Crippen MR) is 105 cm³/mol. The van der Waals surface area contributed by atoms with Gasteiger partial charge in [-0.25, -0.2) is 0 Å². The number of nitrogens with one attached hydrogen (secondary N) is 2. The zero-order valence-electron chi connectivity index (χ0n) is 16.2. The third-order valence-corrected chi connectivity index (χ3v) is 5.76. The van der Waals surface area contributed by atoms with Gasteiger partial charge in [-0.3, -0.25) is 14.9 Å². The molecule has 1 aromatic carbocycles. The molecule has 0 bridgehead atoms. The molecule has 3 atom stereocenters. The fourth-order valence-corrected chi connectivity index (χ4v) is 4.33. The maximum Gasteiger partial charge on any atom is 0.252 e. The maximum atomic E-state index is 12.6. The van der Waals surface area contributed by atoms with E-state index in [4.69, 9.17) is 0 Å². The second kappa shape index (κ2) is 7.27. The molecule has 0 radical (unpaired) electrons. The van der Waals surface area contributed by atoms with E-state index in [1.54, 1.807) is 0 Å². The van der Waals surface area contributed by atoms with Crippen molar-refractivity contribution in [2.45, 2.75) is 58.2 Å². The number of benzene rings is 1. The molecule has 0 spiro atoms. The number of likely N-dealkylation sites (N-methyl/N-ethyl adjacent to an activating group) is 1. The number of imide groups is 1. The van der Waals surface area contributed by atoms with Crippen LogP contribution < -0.4 is 20.4 Å². The second-order valence-electron chi connectivity index (χ2n) is 7.68. The van der Waals surface area contributed by atoms with Crippen LogP contribution in [-0.4, -0.2) is 49.1 Å². The smallest absolute Gasteiger partial charge is 0.252 e. The molecular weight excluding hydrogens is 328 g/mol. The Labute approximate surface area is 155 Å². The summed E-state index contributed by atoms with van der Waals surface area (Å²) in [5, 5.41) is 5.97. The molecule has 0 unspecified atom stereocenters. The van der Waals surface area contributed by atoms with Crippen molar-refractivity contribution >= 4 is 23.2 Å². The van der Waals surface area contributed by atoms with Crippen molar-refractivity contribution in [1.82, 2.24) is 10.6 Å². The predicted octanol–water partition coefficient (Wildman–Crippen LogP) is 1.89. The molecule has 2 aliphatic heterocycles. The van der Waals surface area contributed by atoms with E-state index in [-0.39, 0.29) is 11.8 Å². The van der Waals surface area contributed by atoms with Crippen LogP contribution in [0.15, 0.2) is 24.3 Å². The van der Waals surface area contributed by atoms with Gasteiger partial charge in [-0.05, 0) is 52.3 Å². The van der Waals surface area contributed by atoms with Gasteiger partial charge >= 0.3 is 0 Å². The van der Waals surface area contributed by atoms with Gasteiger partial charge in [0.2, 0.25) is 5.91 Å². The molecule has 0 saturated carbocycles. The fourth-order valence-electron chi connectivity index (χ4n) is 4.33. The molecule has 2 amide bonds. The molecule has 2 heterocycles. The molecule has 0 aromatic heterocycles. The molecule has 2 fully saturated rings. The summed E-state index contributed by atoms with van der Waals surface area (Å²) in [5.41, 5.74) is 1.50. The van der Waals surface area contributed by atoms with Gasteiger partial charge in [-0.2, -0.15) is 0 Å². The van der Waals surface area contributed by atoms with E-state index >= 15 is 0 Å². The van der Waals surface area contributed by atoms with Gasteiger partial charge in [-0.15, -0.1) is 0 Å². The van der Waals surface area contributed by atoms with Crippen LogP contribution in [0.4, 0.5) is 11.4 Å². The summed E-state index contributed by atoms with van der Waals surface area (Å²) in [7, 11) is 0. The van der Waals surface area contributed by atoms with Crippen molar-refractivity contribution in [3.63, 3.8) is 0 Å². The van der Waals surface area contributed by atoms with Gasteiger partial charge in [0.1, 0.15) is 5.54 Å². The van der Waals surface area contributed by atoms with Crippen LogP contribution in [-0.2, 0) is 9.59 Å². The molecule has 6 nitrogen and oxygen atoms in total. The zero-order chi connectivity index (χ0) is 18.9. The van der Waals surface area contributed by atoms with E-state index < -0.39 is 5.54 Å². The van der Waals surface area contributed by atoms with Gasteiger partial charge in [-0.1, -0.05) is 6.07 Å². The number of carbonyl (C=O) groups excluding carboxylic acids is 2. The number of rotatable bonds is 4. The van der Waals surface area contributed by atoms with Crippen LogP contribution >= 0.6 is 0 Å². The number of anilines is 2. The standard InChI is InChI=1S/C20H30N4O2/c1-5-23(20(4)10-9-18(25)22-19(20)26)16-7-6-8-17(11-16)24-14(2)12-21-13-15(24)3/h6-8,11,14-15,21H,5,9-10,12-13H2,1-4H3,(H,22,25,26)/t14-,15+,20-/m1/s1. The van der Waals surface area contributed by atoms with E-state index in [0.717, 1.165) is 18.8 Å². The van der Waals surface area contributed by atoms with Crippen molar-refractivity contribution in [3.8, 4) is 0 Å². The molecule has 26 heavy (non-hydrogen) atoms. The Hall–Kier alpha value is -2.08. The lowest BCUT2D eigenvalue weighted by Crippen LogP contribution is -2.61. The maximum absolute atomic E-state index is 12.6. The first-order valence-electron chi connectivity index (χ1n) is 9.58. The average molecular weight is 358 g/mol. The fraction of sp³-hybridized carbons (Fsp3) is 0.600. The van der Waals surface area contributed by atoms with E-state index in [0.29, 0.717) is 31.5 Å². The van der Waals surface area contributed by atoms with E-state index in [1.165, 1.54) is 5.69 Å². The van der Waals surface area contributed by atoms with Crippen LogP contribution in [0.2, 0.25) is 0 Å². The minimum absolute atomic E-state index is 0.180. The molecular formula is C20H30N4O2. The number of amides is 2.